The Morgan fingerprint density at radius 3 is 2.74 bits per heavy atom. The number of aromatic amines is 1. The smallest absolute Gasteiger partial charge is 0.156 e. The molecule has 0 unspecified atom stereocenters. The van der Waals surface area contributed by atoms with Gasteiger partial charge in [0.2, 0.25) is 0 Å². The fourth-order valence-electron chi connectivity index (χ4n) is 3.38. The molecule has 0 amide bonds. The van der Waals surface area contributed by atoms with Crippen molar-refractivity contribution in [1.29, 1.82) is 0 Å². The minimum Gasteiger partial charge on any atom is -0.497 e. The summed E-state index contributed by atoms with van der Waals surface area (Å²) in [4.78, 5) is 14.7. The van der Waals surface area contributed by atoms with Crippen molar-refractivity contribution >= 4 is 27.8 Å². The van der Waals surface area contributed by atoms with Crippen LogP contribution in [0.2, 0.25) is 0 Å². The van der Waals surface area contributed by atoms with E-state index in [1.165, 1.54) is 0 Å². The molecule has 6 heteroatoms. The molecule has 1 saturated heterocycles. The maximum absolute atomic E-state index is 5.83. The third-order valence-corrected chi connectivity index (χ3v) is 4.29. The summed E-state index contributed by atoms with van der Waals surface area (Å²) in [6.07, 6.45) is 2.02. The van der Waals surface area contributed by atoms with Crippen molar-refractivity contribution < 1.29 is 9.47 Å². The van der Waals surface area contributed by atoms with E-state index >= 15 is 0 Å². The van der Waals surface area contributed by atoms with Crippen LogP contribution >= 0.6 is 0 Å². The van der Waals surface area contributed by atoms with Crippen molar-refractivity contribution in [2.24, 2.45) is 0 Å². The Bertz CT molecular complexity index is 850. The molecule has 0 radical (unpaired) electrons. The summed E-state index contributed by atoms with van der Waals surface area (Å²) >= 11 is 0. The summed E-state index contributed by atoms with van der Waals surface area (Å²) < 4.78 is 11.1. The van der Waals surface area contributed by atoms with E-state index in [1.807, 2.05) is 18.2 Å². The highest BCUT2D eigenvalue weighted by Gasteiger charge is 2.25. The van der Waals surface area contributed by atoms with E-state index in [-0.39, 0.29) is 12.2 Å². The number of morpholine rings is 1. The van der Waals surface area contributed by atoms with Gasteiger partial charge < -0.3 is 19.4 Å². The Kier molecular flexibility index (Phi) is 3.34. The van der Waals surface area contributed by atoms with Crippen molar-refractivity contribution in [3.8, 4) is 5.75 Å². The summed E-state index contributed by atoms with van der Waals surface area (Å²) in [6, 6.07) is 5.98. The zero-order valence-electron chi connectivity index (χ0n) is 13.5. The highest BCUT2D eigenvalue weighted by Crippen LogP contribution is 2.32. The summed E-state index contributed by atoms with van der Waals surface area (Å²) in [5, 5.41) is 1.08. The number of anilines is 1. The number of nitrogens with one attached hydrogen (secondary N) is 1. The maximum Gasteiger partial charge on any atom is 0.156 e. The van der Waals surface area contributed by atoms with Crippen LogP contribution in [0.15, 0.2) is 24.5 Å². The summed E-state index contributed by atoms with van der Waals surface area (Å²) in [5.74, 6) is 1.76. The SMILES string of the molecule is COc1ccc2c(c1)[nH]c1c(N3C[C@@H](C)O[C@H](C)C3)ncnc12. The van der Waals surface area contributed by atoms with Crippen LogP contribution in [0.25, 0.3) is 21.9 Å². The van der Waals surface area contributed by atoms with Crippen LogP contribution in [-0.2, 0) is 4.74 Å². The number of hydrogen-bond acceptors (Lipinski definition) is 5. The van der Waals surface area contributed by atoms with Crippen molar-refractivity contribution in [1.82, 2.24) is 15.0 Å². The molecule has 0 bridgehead atoms. The number of hydrogen-bond donors (Lipinski definition) is 1. The average molecular weight is 312 g/mol. The lowest BCUT2D eigenvalue weighted by molar-refractivity contribution is -0.00537. The van der Waals surface area contributed by atoms with Crippen LogP contribution in [0.1, 0.15) is 13.8 Å². The van der Waals surface area contributed by atoms with Crippen LogP contribution < -0.4 is 9.64 Å². The third kappa shape index (κ3) is 2.39. The van der Waals surface area contributed by atoms with Gasteiger partial charge in [0.25, 0.3) is 0 Å². The summed E-state index contributed by atoms with van der Waals surface area (Å²) in [7, 11) is 1.67. The van der Waals surface area contributed by atoms with Gasteiger partial charge in [-0.2, -0.15) is 0 Å². The molecule has 0 spiro atoms. The van der Waals surface area contributed by atoms with Crippen molar-refractivity contribution in [3.63, 3.8) is 0 Å². The molecule has 1 aliphatic heterocycles. The van der Waals surface area contributed by atoms with Crippen LogP contribution in [0.3, 0.4) is 0 Å². The van der Waals surface area contributed by atoms with Gasteiger partial charge in [-0.1, -0.05) is 0 Å². The van der Waals surface area contributed by atoms with Crippen molar-refractivity contribution in [2.45, 2.75) is 26.1 Å². The lowest BCUT2D eigenvalue weighted by Gasteiger charge is -2.36. The first-order chi connectivity index (χ1) is 11.2. The highest BCUT2D eigenvalue weighted by molar-refractivity contribution is 6.08. The fourth-order valence-corrected chi connectivity index (χ4v) is 3.38. The average Bonchev–Trinajstić information content (AvgIpc) is 2.91. The van der Waals surface area contributed by atoms with E-state index in [2.05, 4.69) is 33.7 Å². The second-order valence-electron chi connectivity index (χ2n) is 6.12. The zero-order valence-corrected chi connectivity index (χ0v) is 13.5. The van der Waals surface area contributed by atoms with Gasteiger partial charge in [0.05, 0.1) is 24.8 Å². The fraction of sp³-hybridized carbons (Fsp3) is 0.412. The molecular formula is C17H20N4O2. The van der Waals surface area contributed by atoms with Gasteiger partial charge >= 0.3 is 0 Å². The molecule has 0 saturated carbocycles. The molecule has 1 aliphatic rings. The van der Waals surface area contributed by atoms with E-state index in [4.69, 9.17) is 9.47 Å². The maximum atomic E-state index is 5.83. The standard InChI is InChI=1S/C17H20N4O2/c1-10-7-21(8-11(2)23-10)17-16-15(18-9-19-17)13-5-4-12(22-3)6-14(13)20-16/h4-6,9-11,20H,7-8H2,1-3H3/t10-,11-/m1/s1. The van der Waals surface area contributed by atoms with Gasteiger partial charge in [0.15, 0.2) is 5.82 Å². The lowest BCUT2D eigenvalue weighted by atomic mass is 10.2. The largest absolute Gasteiger partial charge is 0.497 e. The normalized spacial score (nSPS) is 22.0. The molecule has 1 N–H and O–H groups in total. The molecule has 1 aromatic carbocycles. The van der Waals surface area contributed by atoms with E-state index < -0.39 is 0 Å². The van der Waals surface area contributed by atoms with Crippen LogP contribution in [-0.4, -0.2) is 47.4 Å². The van der Waals surface area contributed by atoms with Crippen LogP contribution in [0, 0.1) is 0 Å². The van der Waals surface area contributed by atoms with Crippen LogP contribution in [0.5, 0.6) is 5.75 Å². The molecule has 2 aromatic heterocycles. The first-order valence-electron chi connectivity index (χ1n) is 7.86. The third-order valence-electron chi connectivity index (χ3n) is 4.29. The second kappa shape index (κ2) is 5.38. The number of H-pyrrole nitrogens is 1. The molecule has 0 aliphatic carbocycles. The van der Waals surface area contributed by atoms with Gasteiger partial charge in [0.1, 0.15) is 23.1 Å². The number of fused-ring (bicyclic) bond motifs is 3. The molecule has 23 heavy (non-hydrogen) atoms. The van der Waals surface area contributed by atoms with E-state index in [0.717, 1.165) is 46.6 Å². The zero-order chi connectivity index (χ0) is 16.0. The molecule has 120 valence electrons. The van der Waals surface area contributed by atoms with Gasteiger partial charge in [-0.25, -0.2) is 9.97 Å². The second-order valence-corrected chi connectivity index (χ2v) is 6.12. The summed E-state index contributed by atoms with van der Waals surface area (Å²) in [5.41, 5.74) is 2.92. The number of methoxy groups -OCH3 is 1. The minimum absolute atomic E-state index is 0.188. The minimum atomic E-state index is 0.188. The van der Waals surface area contributed by atoms with Gasteiger partial charge in [-0.15, -0.1) is 0 Å². The molecular weight excluding hydrogens is 292 g/mol. The van der Waals surface area contributed by atoms with E-state index in [9.17, 15) is 0 Å². The summed E-state index contributed by atoms with van der Waals surface area (Å²) in [6.45, 7) is 5.85. The predicted octanol–water partition coefficient (Wildman–Crippen LogP) is 2.73. The quantitative estimate of drug-likeness (QED) is 0.788. The predicted molar refractivity (Wildman–Crippen MR) is 90.2 cm³/mol. The number of benzene rings is 1. The number of ether oxygens (including phenoxy) is 2. The number of aromatic nitrogens is 3. The Hall–Kier alpha value is -2.34. The lowest BCUT2D eigenvalue weighted by Crippen LogP contribution is -2.46. The molecule has 4 rings (SSSR count). The molecule has 3 aromatic rings. The Labute approximate surface area is 134 Å². The van der Waals surface area contributed by atoms with Crippen molar-refractivity contribution in [2.75, 3.05) is 25.1 Å². The van der Waals surface area contributed by atoms with Crippen molar-refractivity contribution in [3.05, 3.63) is 24.5 Å². The number of nitrogens with zero attached hydrogens (tertiary/aromatic N) is 3. The van der Waals surface area contributed by atoms with Crippen LogP contribution in [0.4, 0.5) is 5.82 Å². The Balaban J connectivity index is 1.87. The topological polar surface area (TPSA) is 63.3 Å². The Morgan fingerprint density at radius 2 is 2.00 bits per heavy atom. The first-order valence-corrected chi connectivity index (χ1v) is 7.86. The van der Waals surface area contributed by atoms with Gasteiger partial charge in [0, 0.05) is 24.5 Å². The van der Waals surface area contributed by atoms with E-state index in [0.29, 0.717) is 0 Å². The number of rotatable bonds is 2. The molecule has 2 atom stereocenters. The first kappa shape index (κ1) is 14.3. The molecule has 6 nitrogen and oxygen atoms in total. The highest BCUT2D eigenvalue weighted by atomic mass is 16.5. The monoisotopic (exact) mass is 312 g/mol. The molecule has 1 fully saturated rings. The molecule has 3 heterocycles. The Morgan fingerprint density at radius 1 is 1.22 bits per heavy atom. The van der Waals surface area contributed by atoms with Gasteiger partial charge in [-0.3, -0.25) is 0 Å². The van der Waals surface area contributed by atoms with Gasteiger partial charge in [-0.05, 0) is 26.0 Å². The van der Waals surface area contributed by atoms with E-state index in [1.54, 1.807) is 13.4 Å².